The quantitative estimate of drug-likeness (QED) is 0.775. The third-order valence-corrected chi connectivity index (χ3v) is 3.66. The maximum Gasteiger partial charge on any atom is 0.237 e. The predicted octanol–water partition coefficient (Wildman–Crippen LogP) is 1.34. The third kappa shape index (κ3) is 4.04. The number of nitrogens with two attached hydrogens (primary N) is 1. The van der Waals surface area contributed by atoms with Gasteiger partial charge in [-0.05, 0) is 31.0 Å². The number of rotatable bonds is 5. The molecule has 1 aromatic heterocycles. The van der Waals surface area contributed by atoms with E-state index < -0.39 is 6.04 Å². The average molecular weight is 291 g/mol. The molecule has 0 radical (unpaired) electrons. The number of aryl methyl sites for hydroxylation is 1. The van der Waals surface area contributed by atoms with E-state index in [4.69, 9.17) is 5.73 Å². The van der Waals surface area contributed by atoms with Gasteiger partial charge in [-0.3, -0.25) is 4.79 Å². The molecule has 0 saturated carbocycles. The molecule has 6 heteroatoms. The first-order valence-corrected chi connectivity index (χ1v) is 7.15. The van der Waals surface area contributed by atoms with Crippen molar-refractivity contribution in [2.75, 3.05) is 0 Å². The van der Waals surface area contributed by atoms with Crippen molar-refractivity contribution in [3.05, 3.63) is 45.9 Å². The van der Waals surface area contributed by atoms with Crippen molar-refractivity contribution in [1.29, 1.82) is 0 Å². The Morgan fingerprint density at radius 3 is 2.75 bits per heavy atom. The average Bonchev–Trinajstić information content (AvgIpc) is 2.84. The molecule has 1 heterocycles. The van der Waals surface area contributed by atoms with Crippen LogP contribution in [0.1, 0.15) is 16.3 Å². The number of nitrogens with one attached hydrogen (secondary N) is 1. The number of aromatic hydroxyl groups is 1. The highest BCUT2D eigenvalue weighted by Crippen LogP contribution is 2.11. The normalized spacial score (nSPS) is 12.1. The lowest BCUT2D eigenvalue weighted by Crippen LogP contribution is -2.41. The fourth-order valence-corrected chi connectivity index (χ4v) is 2.39. The van der Waals surface area contributed by atoms with Gasteiger partial charge in [0, 0.05) is 5.38 Å². The van der Waals surface area contributed by atoms with Gasteiger partial charge < -0.3 is 16.2 Å². The highest BCUT2D eigenvalue weighted by atomic mass is 32.1. The van der Waals surface area contributed by atoms with Gasteiger partial charge in [-0.1, -0.05) is 12.1 Å². The Morgan fingerprint density at radius 2 is 2.15 bits per heavy atom. The molecular weight excluding hydrogens is 274 g/mol. The molecule has 1 amide bonds. The lowest BCUT2D eigenvalue weighted by molar-refractivity contribution is -0.122. The van der Waals surface area contributed by atoms with Crippen LogP contribution in [0.15, 0.2) is 29.6 Å². The van der Waals surface area contributed by atoms with Crippen molar-refractivity contribution < 1.29 is 9.90 Å². The summed E-state index contributed by atoms with van der Waals surface area (Å²) in [5.41, 5.74) is 7.62. The topological polar surface area (TPSA) is 88.2 Å². The molecule has 4 N–H and O–H groups in total. The van der Waals surface area contributed by atoms with Gasteiger partial charge in [0.1, 0.15) is 5.75 Å². The summed E-state index contributed by atoms with van der Waals surface area (Å²) in [7, 11) is 0. The van der Waals surface area contributed by atoms with Crippen LogP contribution in [0.4, 0.5) is 0 Å². The number of aromatic nitrogens is 1. The summed E-state index contributed by atoms with van der Waals surface area (Å²) in [6.07, 6.45) is 0.433. The summed E-state index contributed by atoms with van der Waals surface area (Å²) in [4.78, 5) is 16.2. The van der Waals surface area contributed by atoms with Crippen molar-refractivity contribution in [1.82, 2.24) is 10.3 Å². The Balaban J connectivity index is 1.84. The number of carbonyl (C=O) groups is 1. The van der Waals surface area contributed by atoms with E-state index in [9.17, 15) is 9.90 Å². The van der Waals surface area contributed by atoms with E-state index in [1.807, 2.05) is 12.3 Å². The third-order valence-electron chi connectivity index (χ3n) is 2.84. The molecule has 2 aromatic rings. The van der Waals surface area contributed by atoms with Gasteiger partial charge in [-0.2, -0.15) is 0 Å². The first kappa shape index (κ1) is 14.5. The van der Waals surface area contributed by atoms with E-state index in [0.717, 1.165) is 16.3 Å². The summed E-state index contributed by atoms with van der Waals surface area (Å²) in [5.74, 6) is -0.00518. The van der Waals surface area contributed by atoms with Crippen molar-refractivity contribution in [3.8, 4) is 5.75 Å². The number of thiazole rings is 1. The Kier molecular flexibility index (Phi) is 4.70. The molecule has 2 rings (SSSR count). The monoisotopic (exact) mass is 291 g/mol. The van der Waals surface area contributed by atoms with Crippen LogP contribution in [0, 0.1) is 6.92 Å². The zero-order valence-electron chi connectivity index (χ0n) is 11.2. The van der Waals surface area contributed by atoms with Gasteiger partial charge in [0.05, 0.1) is 23.3 Å². The number of phenolic OH excluding ortho intramolecular Hbond substituents is 1. The van der Waals surface area contributed by atoms with Gasteiger partial charge in [0.2, 0.25) is 5.91 Å². The van der Waals surface area contributed by atoms with Gasteiger partial charge >= 0.3 is 0 Å². The molecule has 0 aliphatic heterocycles. The SMILES string of the molecule is Cc1nc(CNC(=O)[C@@H](N)Cc2ccc(O)cc2)cs1. The second-order valence-corrected chi connectivity index (χ2v) is 5.61. The van der Waals surface area contributed by atoms with E-state index in [0.29, 0.717) is 13.0 Å². The first-order chi connectivity index (χ1) is 9.54. The number of amides is 1. The molecule has 1 atom stereocenters. The Hall–Kier alpha value is -1.92. The number of carbonyl (C=O) groups excluding carboxylic acids is 1. The van der Waals surface area contributed by atoms with Crippen molar-refractivity contribution in [3.63, 3.8) is 0 Å². The minimum absolute atomic E-state index is 0.200. The second kappa shape index (κ2) is 6.49. The molecule has 1 aromatic carbocycles. The zero-order valence-corrected chi connectivity index (χ0v) is 12.0. The van der Waals surface area contributed by atoms with Crippen LogP contribution in [-0.2, 0) is 17.8 Å². The summed E-state index contributed by atoms with van der Waals surface area (Å²) in [6.45, 7) is 2.32. The van der Waals surface area contributed by atoms with E-state index in [-0.39, 0.29) is 11.7 Å². The van der Waals surface area contributed by atoms with E-state index in [1.54, 1.807) is 35.6 Å². The van der Waals surface area contributed by atoms with E-state index in [2.05, 4.69) is 10.3 Å². The molecule has 106 valence electrons. The van der Waals surface area contributed by atoms with E-state index >= 15 is 0 Å². The summed E-state index contributed by atoms with van der Waals surface area (Å²) in [6, 6.07) is 6.06. The lowest BCUT2D eigenvalue weighted by atomic mass is 10.1. The van der Waals surface area contributed by atoms with Crippen molar-refractivity contribution >= 4 is 17.2 Å². The smallest absolute Gasteiger partial charge is 0.237 e. The van der Waals surface area contributed by atoms with Gasteiger partial charge in [0.25, 0.3) is 0 Å². The fraction of sp³-hybridized carbons (Fsp3) is 0.286. The number of hydrogen-bond acceptors (Lipinski definition) is 5. The lowest BCUT2D eigenvalue weighted by Gasteiger charge is -2.11. The van der Waals surface area contributed by atoms with Crippen LogP contribution in [0.25, 0.3) is 0 Å². The Labute approximate surface area is 121 Å². The molecule has 0 saturated heterocycles. The largest absolute Gasteiger partial charge is 0.508 e. The fourth-order valence-electron chi connectivity index (χ4n) is 1.78. The minimum atomic E-state index is -0.612. The molecule has 0 spiro atoms. The number of benzene rings is 1. The Bertz CT molecular complexity index is 580. The van der Waals surface area contributed by atoms with Crippen LogP contribution in [0.2, 0.25) is 0 Å². The summed E-state index contributed by atoms with van der Waals surface area (Å²) < 4.78 is 0. The van der Waals surface area contributed by atoms with Crippen molar-refractivity contribution in [2.24, 2.45) is 5.73 Å². The summed E-state index contributed by atoms with van der Waals surface area (Å²) in [5, 5.41) is 14.9. The Morgan fingerprint density at radius 1 is 1.45 bits per heavy atom. The van der Waals surface area contributed by atoms with E-state index in [1.165, 1.54) is 0 Å². The molecule has 0 aliphatic carbocycles. The second-order valence-electron chi connectivity index (χ2n) is 4.55. The van der Waals surface area contributed by atoms with Crippen LogP contribution >= 0.6 is 11.3 Å². The number of hydrogen-bond donors (Lipinski definition) is 3. The molecular formula is C14H17N3O2S. The van der Waals surface area contributed by atoms with Crippen LogP contribution < -0.4 is 11.1 Å². The maximum absolute atomic E-state index is 11.9. The molecule has 20 heavy (non-hydrogen) atoms. The standard InChI is InChI=1S/C14H17N3O2S/c1-9-17-11(8-20-9)7-16-14(19)13(15)6-10-2-4-12(18)5-3-10/h2-5,8,13,18H,6-7,15H2,1H3,(H,16,19)/t13-/m0/s1. The van der Waals surface area contributed by atoms with Crippen LogP contribution in [0.3, 0.4) is 0 Å². The zero-order chi connectivity index (χ0) is 14.5. The maximum atomic E-state index is 11.9. The molecule has 0 fully saturated rings. The molecule has 0 unspecified atom stereocenters. The summed E-state index contributed by atoms with van der Waals surface area (Å²) >= 11 is 1.55. The first-order valence-electron chi connectivity index (χ1n) is 6.27. The van der Waals surface area contributed by atoms with Crippen LogP contribution in [0.5, 0.6) is 5.75 Å². The number of phenols is 1. The molecule has 0 bridgehead atoms. The molecule has 5 nitrogen and oxygen atoms in total. The highest BCUT2D eigenvalue weighted by Gasteiger charge is 2.14. The van der Waals surface area contributed by atoms with Gasteiger partial charge in [0.15, 0.2) is 0 Å². The van der Waals surface area contributed by atoms with Crippen LogP contribution in [-0.4, -0.2) is 22.0 Å². The predicted molar refractivity (Wildman–Crippen MR) is 78.5 cm³/mol. The van der Waals surface area contributed by atoms with Crippen molar-refractivity contribution in [2.45, 2.75) is 25.9 Å². The minimum Gasteiger partial charge on any atom is -0.508 e. The highest BCUT2D eigenvalue weighted by molar-refractivity contribution is 7.09. The number of nitrogens with zero attached hydrogens (tertiary/aromatic N) is 1. The van der Waals surface area contributed by atoms with Gasteiger partial charge in [-0.15, -0.1) is 11.3 Å². The van der Waals surface area contributed by atoms with Gasteiger partial charge in [-0.25, -0.2) is 4.98 Å². The molecule has 0 aliphatic rings.